The monoisotopic (exact) mass is 474 g/mol. The predicted molar refractivity (Wildman–Crippen MR) is 141 cm³/mol. The number of hydrogen-bond acceptors (Lipinski definition) is 6. The first-order valence-electron chi connectivity index (χ1n) is 12.5. The molecule has 0 saturated carbocycles. The zero-order valence-corrected chi connectivity index (χ0v) is 21.0. The number of pyridine rings is 2. The van der Waals surface area contributed by atoms with Gasteiger partial charge in [-0.3, -0.25) is 4.79 Å². The molecule has 0 radical (unpaired) electrons. The van der Waals surface area contributed by atoms with Crippen molar-refractivity contribution < 1.29 is 9.53 Å². The second kappa shape index (κ2) is 11.0. The molecule has 2 aromatic rings. The van der Waals surface area contributed by atoms with Crippen LogP contribution < -0.4 is 21.0 Å². The zero-order chi connectivity index (χ0) is 24.9. The number of aryl methyl sites for hydroxylation is 1. The second-order valence-electron chi connectivity index (χ2n) is 8.84. The van der Waals surface area contributed by atoms with Crippen LogP contribution in [0.2, 0.25) is 0 Å². The molecule has 0 saturated heterocycles. The lowest BCUT2D eigenvalue weighted by atomic mass is 10.0. The van der Waals surface area contributed by atoms with Crippen LogP contribution >= 0.6 is 0 Å². The van der Waals surface area contributed by atoms with Gasteiger partial charge < -0.3 is 19.0 Å². The van der Waals surface area contributed by atoms with Gasteiger partial charge in [0.2, 0.25) is 0 Å². The van der Waals surface area contributed by atoms with Crippen LogP contribution in [0.1, 0.15) is 63.1 Å². The molecule has 0 unspecified atom stereocenters. The SMILES string of the molecule is C=O.CCCCCN1C=NC2=c3c1c1c(nc3=CCC=C2)-c2cc(CC)c(COCC)c(=O)n2C1. The molecule has 0 spiro atoms. The number of carbonyl (C=O) groups excluding carboxylic acids is 1. The molecule has 2 aromatic heterocycles. The van der Waals surface area contributed by atoms with Crippen molar-refractivity contribution in [2.45, 2.75) is 66.0 Å². The Balaban J connectivity index is 0.00000141. The molecule has 0 atom stereocenters. The molecule has 0 bridgehead atoms. The van der Waals surface area contributed by atoms with E-state index in [2.05, 4.69) is 43.0 Å². The smallest absolute Gasteiger partial charge is 0.257 e. The minimum Gasteiger partial charge on any atom is -0.377 e. The lowest BCUT2D eigenvalue weighted by molar-refractivity contribution is -0.0979. The number of anilines is 1. The Kier molecular flexibility index (Phi) is 7.76. The van der Waals surface area contributed by atoms with Crippen LogP contribution in [0.3, 0.4) is 0 Å². The summed E-state index contributed by atoms with van der Waals surface area (Å²) in [6.45, 7) is 10.7. The minimum absolute atomic E-state index is 0.0493. The van der Waals surface area contributed by atoms with Crippen LogP contribution in [-0.4, -0.2) is 35.8 Å². The summed E-state index contributed by atoms with van der Waals surface area (Å²) in [7, 11) is 0. The topological polar surface area (TPSA) is 76.8 Å². The number of unbranched alkanes of at least 4 members (excludes halogenated alkanes) is 2. The Morgan fingerprint density at radius 3 is 2.74 bits per heavy atom. The summed E-state index contributed by atoms with van der Waals surface area (Å²) in [5, 5.41) is 2.08. The van der Waals surface area contributed by atoms with Crippen LogP contribution in [0.25, 0.3) is 23.2 Å². The summed E-state index contributed by atoms with van der Waals surface area (Å²) in [5.41, 5.74) is 7.00. The summed E-state index contributed by atoms with van der Waals surface area (Å²) in [6, 6.07) is 2.16. The van der Waals surface area contributed by atoms with Crippen molar-refractivity contribution in [3.63, 3.8) is 0 Å². The van der Waals surface area contributed by atoms with Gasteiger partial charge in [-0.15, -0.1) is 0 Å². The van der Waals surface area contributed by atoms with Crippen molar-refractivity contribution in [3.8, 4) is 11.4 Å². The van der Waals surface area contributed by atoms with E-state index in [0.717, 1.165) is 70.2 Å². The Hall–Kier alpha value is -3.32. The number of carbonyl (C=O) groups is 1. The number of hydrogen-bond donors (Lipinski definition) is 0. The molecule has 35 heavy (non-hydrogen) atoms. The van der Waals surface area contributed by atoms with E-state index < -0.39 is 0 Å². The average Bonchev–Trinajstić information content (AvgIpc) is 3.13. The fourth-order valence-corrected chi connectivity index (χ4v) is 5.07. The first-order valence-corrected chi connectivity index (χ1v) is 12.5. The molecule has 184 valence electrons. The zero-order valence-electron chi connectivity index (χ0n) is 21.0. The van der Waals surface area contributed by atoms with Crippen LogP contribution in [0.4, 0.5) is 5.69 Å². The van der Waals surface area contributed by atoms with Crippen molar-refractivity contribution in [2.24, 2.45) is 4.99 Å². The summed E-state index contributed by atoms with van der Waals surface area (Å²) in [4.78, 5) is 33.7. The quantitative estimate of drug-likeness (QED) is 0.469. The molecule has 4 heterocycles. The van der Waals surface area contributed by atoms with Gasteiger partial charge in [0.15, 0.2) is 0 Å². The van der Waals surface area contributed by atoms with Crippen molar-refractivity contribution in [1.29, 1.82) is 0 Å². The number of allylic oxidation sites excluding steroid dienone is 1. The number of fused-ring (bicyclic) bond motifs is 4. The van der Waals surface area contributed by atoms with Gasteiger partial charge in [-0.2, -0.15) is 0 Å². The van der Waals surface area contributed by atoms with E-state index >= 15 is 0 Å². The van der Waals surface area contributed by atoms with Crippen LogP contribution in [0, 0.1) is 0 Å². The Labute approximate surface area is 206 Å². The molecule has 7 heteroatoms. The van der Waals surface area contributed by atoms with Gasteiger partial charge >= 0.3 is 0 Å². The number of aromatic nitrogens is 2. The molecular weight excluding hydrogens is 440 g/mol. The standard InChI is InChI=1S/C27H32N4O2.CH2O/c1-4-7-10-13-30-17-28-21-11-8-9-12-22-24(21)26(30)19-15-31-23(25(19)29-22)14-18(5-2)20(27(31)32)16-33-6-3;1-2/h8,11-12,14,17H,4-7,9-10,13,15-16H2,1-3H3;1H2. The fourth-order valence-electron chi connectivity index (χ4n) is 5.07. The Bertz CT molecular complexity index is 1350. The van der Waals surface area contributed by atoms with Crippen LogP contribution in [0.15, 0.2) is 28.0 Å². The van der Waals surface area contributed by atoms with E-state index in [4.69, 9.17) is 19.5 Å². The maximum Gasteiger partial charge on any atom is 0.257 e. The highest BCUT2D eigenvalue weighted by Crippen LogP contribution is 2.35. The van der Waals surface area contributed by atoms with E-state index in [9.17, 15) is 4.79 Å². The molecular formula is C28H34N4O3. The molecule has 0 fully saturated rings. The van der Waals surface area contributed by atoms with Crippen molar-refractivity contribution in [1.82, 2.24) is 9.55 Å². The highest BCUT2D eigenvalue weighted by atomic mass is 16.5. The van der Waals surface area contributed by atoms with Gasteiger partial charge in [-0.1, -0.05) is 38.8 Å². The first-order chi connectivity index (χ1) is 17.2. The van der Waals surface area contributed by atoms with E-state index in [-0.39, 0.29) is 5.56 Å². The molecule has 0 aromatic carbocycles. The highest BCUT2D eigenvalue weighted by molar-refractivity contribution is 5.92. The molecule has 2 aliphatic heterocycles. The summed E-state index contributed by atoms with van der Waals surface area (Å²) in [5.74, 6) is 0. The maximum atomic E-state index is 13.6. The summed E-state index contributed by atoms with van der Waals surface area (Å²) in [6.07, 6.45) is 13.5. The van der Waals surface area contributed by atoms with E-state index in [0.29, 0.717) is 19.8 Å². The molecule has 5 rings (SSSR count). The highest BCUT2D eigenvalue weighted by Gasteiger charge is 2.30. The summed E-state index contributed by atoms with van der Waals surface area (Å²) < 4.78 is 7.54. The number of aliphatic imine (C=N–C) groups is 1. The summed E-state index contributed by atoms with van der Waals surface area (Å²) >= 11 is 0. The first kappa shape index (κ1) is 24.8. The third-order valence-corrected chi connectivity index (χ3v) is 6.78. The third kappa shape index (κ3) is 4.41. The van der Waals surface area contributed by atoms with E-state index in [1.54, 1.807) is 0 Å². The normalized spacial score (nSPS) is 14.5. The third-order valence-electron chi connectivity index (χ3n) is 6.78. The van der Waals surface area contributed by atoms with Crippen molar-refractivity contribution in [3.05, 3.63) is 55.8 Å². The minimum atomic E-state index is 0.0493. The van der Waals surface area contributed by atoms with Gasteiger partial charge in [-0.05, 0) is 43.9 Å². The van der Waals surface area contributed by atoms with E-state index in [1.807, 2.05) is 24.6 Å². The molecule has 7 nitrogen and oxygen atoms in total. The molecule has 3 aliphatic rings. The lowest BCUT2D eigenvalue weighted by Crippen LogP contribution is -2.41. The fraction of sp³-hybridized carbons (Fsp3) is 0.429. The number of ether oxygens (including phenoxy) is 1. The predicted octanol–water partition coefficient (Wildman–Crippen LogP) is 3.07. The average molecular weight is 475 g/mol. The number of nitrogens with zero attached hydrogens (tertiary/aromatic N) is 4. The molecule has 0 N–H and O–H groups in total. The lowest BCUT2D eigenvalue weighted by Gasteiger charge is -2.26. The van der Waals surface area contributed by atoms with Gasteiger partial charge in [-0.25, -0.2) is 9.98 Å². The van der Waals surface area contributed by atoms with Gasteiger partial charge in [0.1, 0.15) is 6.79 Å². The largest absolute Gasteiger partial charge is 0.377 e. The van der Waals surface area contributed by atoms with Crippen LogP contribution in [0.5, 0.6) is 0 Å². The second-order valence-corrected chi connectivity index (χ2v) is 8.84. The molecule has 0 amide bonds. The van der Waals surface area contributed by atoms with Crippen molar-refractivity contribution in [2.75, 3.05) is 18.1 Å². The van der Waals surface area contributed by atoms with Crippen LogP contribution in [-0.2, 0) is 29.1 Å². The van der Waals surface area contributed by atoms with E-state index in [1.165, 1.54) is 18.5 Å². The molecule has 1 aliphatic carbocycles. The number of rotatable bonds is 8. The van der Waals surface area contributed by atoms with Gasteiger partial charge in [0.25, 0.3) is 5.56 Å². The van der Waals surface area contributed by atoms with Gasteiger partial charge in [0.05, 0.1) is 47.6 Å². The Morgan fingerprint density at radius 1 is 1.17 bits per heavy atom. The Morgan fingerprint density at radius 2 is 2.00 bits per heavy atom. The van der Waals surface area contributed by atoms with Crippen molar-refractivity contribution >= 4 is 30.6 Å². The maximum absolute atomic E-state index is 13.6. The van der Waals surface area contributed by atoms with Gasteiger partial charge in [0, 0.05) is 29.5 Å².